The zero-order valence-corrected chi connectivity index (χ0v) is 13.3. The number of benzene rings is 1. The maximum Gasteiger partial charge on any atom is 0.224 e. The summed E-state index contributed by atoms with van der Waals surface area (Å²) in [7, 11) is 0. The van der Waals surface area contributed by atoms with Crippen molar-refractivity contribution in [2.75, 3.05) is 0 Å². The number of halogens is 1. The lowest BCUT2D eigenvalue weighted by molar-refractivity contribution is -0.122. The van der Waals surface area contributed by atoms with Crippen molar-refractivity contribution in [3.8, 4) is 0 Å². The summed E-state index contributed by atoms with van der Waals surface area (Å²) in [6.07, 6.45) is 4.78. The fourth-order valence-corrected chi connectivity index (χ4v) is 3.77. The fourth-order valence-electron chi connectivity index (χ4n) is 2.77. The number of amides is 1. The summed E-state index contributed by atoms with van der Waals surface area (Å²) >= 11 is 7.78. The van der Waals surface area contributed by atoms with E-state index >= 15 is 0 Å². The van der Waals surface area contributed by atoms with Crippen molar-refractivity contribution in [3.05, 3.63) is 58.3 Å². The zero-order chi connectivity index (χ0) is 15.1. The molecule has 22 heavy (non-hydrogen) atoms. The molecule has 2 aromatic heterocycles. The molecule has 1 fully saturated rings. The van der Waals surface area contributed by atoms with E-state index in [1.54, 1.807) is 11.3 Å². The van der Waals surface area contributed by atoms with E-state index in [0.717, 1.165) is 27.7 Å². The maximum atomic E-state index is 12.2. The van der Waals surface area contributed by atoms with Crippen LogP contribution < -0.4 is 5.32 Å². The quantitative estimate of drug-likeness (QED) is 0.795. The lowest BCUT2D eigenvalue weighted by Crippen LogP contribution is -2.25. The molecule has 2 unspecified atom stereocenters. The van der Waals surface area contributed by atoms with Crippen molar-refractivity contribution in [1.82, 2.24) is 14.7 Å². The van der Waals surface area contributed by atoms with Gasteiger partial charge in [0.15, 0.2) is 4.96 Å². The summed E-state index contributed by atoms with van der Waals surface area (Å²) in [6.45, 7) is 0.471. The fraction of sp³-hybridized carbons (Fsp3) is 0.250. The number of nitrogens with one attached hydrogen (secondary N) is 1. The molecule has 4 nitrogen and oxygen atoms in total. The van der Waals surface area contributed by atoms with Gasteiger partial charge in [-0.05, 0) is 24.0 Å². The van der Waals surface area contributed by atoms with E-state index < -0.39 is 0 Å². The van der Waals surface area contributed by atoms with Crippen LogP contribution in [0.1, 0.15) is 23.6 Å². The number of carbonyl (C=O) groups is 1. The minimum atomic E-state index is 0.0311. The summed E-state index contributed by atoms with van der Waals surface area (Å²) in [4.78, 5) is 17.7. The van der Waals surface area contributed by atoms with Crippen molar-refractivity contribution in [3.63, 3.8) is 0 Å². The van der Waals surface area contributed by atoms with Crippen LogP contribution in [-0.2, 0) is 11.3 Å². The standard InChI is InChI=1S/C16H14ClN3OS/c17-14-4-2-1-3-11(14)12-7-13(12)15(21)18-8-10-9-20-5-6-22-16(20)19-10/h1-6,9,12-13H,7-8H2,(H,18,21). The minimum Gasteiger partial charge on any atom is -0.350 e. The van der Waals surface area contributed by atoms with Crippen LogP contribution in [0, 0.1) is 5.92 Å². The summed E-state index contributed by atoms with van der Waals surface area (Å²) in [5, 5.41) is 5.71. The van der Waals surface area contributed by atoms with Gasteiger partial charge in [0, 0.05) is 28.7 Å². The molecule has 4 rings (SSSR count). The van der Waals surface area contributed by atoms with Crippen LogP contribution in [0.3, 0.4) is 0 Å². The van der Waals surface area contributed by atoms with E-state index in [1.165, 1.54) is 0 Å². The number of nitrogens with zero attached hydrogens (tertiary/aromatic N) is 2. The molecule has 1 saturated carbocycles. The lowest BCUT2D eigenvalue weighted by Gasteiger charge is -2.04. The van der Waals surface area contributed by atoms with E-state index in [2.05, 4.69) is 10.3 Å². The summed E-state index contributed by atoms with van der Waals surface area (Å²) < 4.78 is 1.97. The second-order valence-corrected chi connectivity index (χ2v) is 6.79. The highest BCUT2D eigenvalue weighted by atomic mass is 35.5. The second-order valence-electron chi connectivity index (χ2n) is 5.51. The Kier molecular flexibility index (Phi) is 3.39. The van der Waals surface area contributed by atoms with Gasteiger partial charge in [0.25, 0.3) is 0 Å². The van der Waals surface area contributed by atoms with Crippen LogP contribution in [0.2, 0.25) is 5.02 Å². The van der Waals surface area contributed by atoms with Gasteiger partial charge in [-0.1, -0.05) is 29.8 Å². The van der Waals surface area contributed by atoms with Gasteiger partial charge >= 0.3 is 0 Å². The first-order valence-corrected chi connectivity index (χ1v) is 8.41. The van der Waals surface area contributed by atoms with Crippen molar-refractivity contribution in [2.45, 2.75) is 18.9 Å². The number of hydrogen-bond acceptors (Lipinski definition) is 3. The molecule has 0 radical (unpaired) electrons. The van der Waals surface area contributed by atoms with E-state index in [-0.39, 0.29) is 17.7 Å². The highest BCUT2D eigenvalue weighted by Crippen LogP contribution is 2.49. The summed E-state index contributed by atoms with van der Waals surface area (Å²) in [5.41, 5.74) is 1.96. The minimum absolute atomic E-state index is 0.0311. The van der Waals surface area contributed by atoms with Crippen molar-refractivity contribution in [2.24, 2.45) is 5.92 Å². The third kappa shape index (κ3) is 2.51. The first-order valence-electron chi connectivity index (χ1n) is 7.15. The molecule has 0 bridgehead atoms. The van der Waals surface area contributed by atoms with E-state index in [1.807, 2.05) is 46.4 Å². The molecule has 1 aliphatic rings. The Balaban J connectivity index is 1.37. The van der Waals surface area contributed by atoms with Gasteiger partial charge in [0.1, 0.15) is 0 Å². The maximum absolute atomic E-state index is 12.2. The molecule has 6 heteroatoms. The van der Waals surface area contributed by atoms with Crippen molar-refractivity contribution >= 4 is 33.8 Å². The Hall–Kier alpha value is -1.85. The van der Waals surface area contributed by atoms with Crippen LogP contribution in [0.5, 0.6) is 0 Å². The van der Waals surface area contributed by atoms with E-state index in [0.29, 0.717) is 6.54 Å². The van der Waals surface area contributed by atoms with Gasteiger partial charge in [0.05, 0.1) is 12.2 Å². The summed E-state index contributed by atoms with van der Waals surface area (Å²) in [6, 6.07) is 7.76. The first kappa shape index (κ1) is 13.8. The van der Waals surface area contributed by atoms with Gasteiger partial charge in [-0.15, -0.1) is 11.3 Å². The number of aromatic nitrogens is 2. The van der Waals surface area contributed by atoms with Crippen LogP contribution in [0.4, 0.5) is 0 Å². The number of imidazole rings is 1. The highest BCUT2D eigenvalue weighted by Gasteiger charge is 2.44. The molecular formula is C16H14ClN3OS. The Bertz CT molecular complexity index is 812. The van der Waals surface area contributed by atoms with Gasteiger partial charge in [-0.3, -0.25) is 9.20 Å². The molecular weight excluding hydrogens is 318 g/mol. The number of fused-ring (bicyclic) bond motifs is 1. The molecule has 1 amide bonds. The molecule has 112 valence electrons. The molecule has 0 aliphatic heterocycles. The molecule has 1 N–H and O–H groups in total. The molecule has 0 saturated heterocycles. The number of hydrogen-bond donors (Lipinski definition) is 1. The average molecular weight is 332 g/mol. The first-order chi connectivity index (χ1) is 10.7. The van der Waals surface area contributed by atoms with Gasteiger partial charge in [-0.2, -0.15) is 0 Å². The smallest absolute Gasteiger partial charge is 0.224 e. The molecule has 2 heterocycles. The molecule has 0 spiro atoms. The van der Waals surface area contributed by atoms with Crippen molar-refractivity contribution < 1.29 is 4.79 Å². The average Bonchev–Trinajstić information content (AvgIpc) is 3.02. The second kappa shape index (κ2) is 5.41. The molecule has 1 aliphatic carbocycles. The van der Waals surface area contributed by atoms with Gasteiger partial charge in [-0.25, -0.2) is 4.98 Å². The Morgan fingerprint density at radius 1 is 1.45 bits per heavy atom. The number of thiazole rings is 1. The molecule has 3 aromatic rings. The molecule has 2 atom stereocenters. The van der Waals surface area contributed by atoms with E-state index in [9.17, 15) is 4.79 Å². The summed E-state index contributed by atoms with van der Waals surface area (Å²) in [5.74, 6) is 0.365. The Labute approximate surface area is 136 Å². The number of rotatable bonds is 4. The van der Waals surface area contributed by atoms with Gasteiger partial charge < -0.3 is 5.32 Å². The Morgan fingerprint density at radius 3 is 3.14 bits per heavy atom. The molecule has 1 aromatic carbocycles. The van der Waals surface area contributed by atoms with Crippen LogP contribution in [0.25, 0.3) is 4.96 Å². The van der Waals surface area contributed by atoms with E-state index in [4.69, 9.17) is 11.6 Å². The van der Waals surface area contributed by atoms with Crippen LogP contribution in [-0.4, -0.2) is 15.3 Å². The highest BCUT2D eigenvalue weighted by molar-refractivity contribution is 7.15. The van der Waals surface area contributed by atoms with Crippen molar-refractivity contribution in [1.29, 1.82) is 0 Å². The lowest BCUT2D eigenvalue weighted by atomic mass is 10.1. The predicted molar refractivity (Wildman–Crippen MR) is 87.2 cm³/mol. The topological polar surface area (TPSA) is 46.4 Å². The van der Waals surface area contributed by atoms with Gasteiger partial charge in [0.2, 0.25) is 5.91 Å². The third-order valence-corrected chi connectivity index (χ3v) is 5.13. The number of carbonyl (C=O) groups excluding carboxylic acids is 1. The van der Waals surface area contributed by atoms with Crippen LogP contribution in [0.15, 0.2) is 42.0 Å². The zero-order valence-electron chi connectivity index (χ0n) is 11.7. The SMILES string of the molecule is O=C(NCc1cn2ccsc2n1)C1CC1c1ccccc1Cl. The Morgan fingerprint density at radius 2 is 2.32 bits per heavy atom. The van der Waals surface area contributed by atoms with Crippen LogP contribution >= 0.6 is 22.9 Å². The largest absolute Gasteiger partial charge is 0.350 e. The third-order valence-electron chi connectivity index (χ3n) is 4.02. The monoisotopic (exact) mass is 331 g/mol. The normalized spacial score (nSPS) is 20.2. The predicted octanol–water partition coefficient (Wildman–Crippen LogP) is 3.47.